The molecule has 5 heteroatoms. The highest BCUT2D eigenvalue weighted by Gasteiger charge is 2.12. The van der Waals surface area contributed by atoms with Gasteiger partial charge < -0.3 is 14.2 Å². The van der Waals surface area contributed by atoms with Crippen molar-refractivity contribution in [1.29, 1.82) is 0 Å². The minimum Gasteiger partial charge on any atom is -0.486 e. The van der Waals surface area contributed by atoms with Gasteiger partial charge in [0.2, 0.25) is 0 Å². The zero-order valence-corrected chi connectivity index (χ0v) is 18.8. The Labute approximate surface area is 188 Å². The molecule has 0 N–H and O–H groups in total. The minimum atomic E-state index is -0.463. The van der Waals surface area contributed by atoms with Crippen LogP contribution in [-0.4, -0.2) is 12.6 Å². The first-order valence-electron chi connectivity index (χ1n) is 10.9. The molecule has 0 unspecified atom stereocenters. The van der Waals surface area contributed by atoms with Crippen molar-refractivity contribution in [3.8, 4) is 17.2 Å². The lowest BCUT2D eigenvalue weighted by Gasteiger charge is -2.16. The number of carbonyl (C=O) groups excluding carboxylic acids is 1. The average Bonchev–Trinajstić information content (AvgIpc) is 2.78. The van der Waals surface area contributed by atoms with Crippen molar-refractivity contribution in [2.24, 2.45) is 0 Å². The third-order valence-corrected chi connectivity index (χ3v) is 5.04. The second-order valence-corrected chi connectivity index (χ2v) is 7.76. The predicted octanol–water partition coefficient (Wildman–Crippen LogP) is 6.82. The Balaban J connectivity index is 1.67. The molecule has 3 aromatic carbocycles. The van der Waals surface area contributed by atoms with E-state index in [-0.39, 0.29) is 24.7 Å². The highest BCUT2D eigenvalue weighted by molar-refractivity contribution is 5.69. The molecule has 0 aliphatic rings. The van der Waals surface area contributed by atoms with Crippen molar-refractivity contribution >= 4 is 5.97 Å². The number of rotatable bonds is 10. The van der Waals surface area contributed by atoms with Gasteiger partial charge >= 0.3 is 5.97 Å². The summed E-state index contributed by atoms with van der Waals surface area (Å²) in [5.41, 5.74) is 2.65. The van der Waals surface area contributed by atoms with Crippen LogP contribution < -0.4 is 9.47 Å². The number of hydrogen-bond donors (Lipinski definition) is 0. The van der Waals surface area contributed by atoms with Gasteiger partial charge in [-0.1, -0.05) is 56.3 Å². The number of aryl methyl sites for hydroxylation is 1. The van der Waals surface area contributed by atoms with Crippen molar-refractivity contribution in [2.45, 2.75) is 46.1 Å². The SMILES string of the molecule is CCOC(=O)CCc1ccc(OCc2ccccc2Oc2ccccc2C(C)C)c(F)c1. The van der Waals surface area contributed by atoms with Crippen molar-refractivity contribution < 1.29 is 23.4 Å². The number of ether oxygens (including phenoxy) is 3. The van der Waals surface area contributed by atoms with Crippen molar-refractivity contribution in [2.75, 3.05) is 6.61 Å². The van der Waals surface area contributed by atoms with Crippen LogP contribution in [0.5, 0.6) is 17.2 Å². The molecule has 0 saturated carbocycles. The van der Waals surface area contributed by atoms with Gasteiger partial charge in [0.15, 0.2) is 11.6 Å². The number of benzene rings is 3. The molecule has 32 heavy (non-hydrogen) atoms. The van der Waals surface area contributed by atoms with Crippen LogP contribution in [0.4, 0.5) is 4.39 Å². The van der Waals surface area contributed by atoms with Crippen LogP contribution in [0.15, 0.2) is 66.7 Å². The van der Waals surface area contributed by atoms with E-state index in [0.29, 0.717) is 24.7 Å². The maximum atomic E-state index is 14.5. The Morgan fingerprint density at radius 1 is 0.938 bits per heavy atom. The number of halogens is 1. The van der Waals surface area contributed by atoms with Gasteiger partial charge in [-0.25, -0.2) is 4.39 Å². The average molecular weight is 437 g/mol. The van der Waals surface area contributed by atoms with E-state index in [4.69, 9.17) is 14.2 Å². The van der Waals surface area contributed by atoms with E-state index >= 15 is 0 Å². The topological polar surface area (TPSA) is 44.8 Å². The summed E-state index contributed by atoms with van der Waals surface area (Å²) in [6.07, 6.45) is 0.637. The van der Waals surface area contributed by atoms with Crippen molar-refractivity contribution in [3.05, 3.63) is 89.2 Å². The fraction of sp³-hybridized carbons (Fsp3) is 0.296. The molecule has 0 aliphatic carbocycles. The number of esters is 1. The Morgan fingerprint density at radius 2 is 1.66 bits per heavy atom. The van der Waals surface area contributed by atoms with E-state index in [1.54, 1.807) is 19.1 Å². The van der Waals surface area contributed by atoms with Gasteiger partial charge in [0.05, 0.1) is 6.61 Å². The smallest absolute Gasteiger partial charge is 0.306 e. The summed E-state index contributed by atoms with van der Waals surface area (Å²) in [6.45, 7) is 6.51. The van der Waals surface area contributed by atoms with E-state index in [9.17, 15) is 9.18 Å². The summed E-state index contributed by atoms with van der Waals surface area (Å²) in [7, 11) is 0. The second kappa shape index (κ2) is 11.3. The quantitative estimate of drug-likeness (QED) is 0.327. The first kappa shape index (κ1) is 23.3. The van der Waals surface area contributed by atoms with Gasteiger partial charge in [0.1, 0.15) is 18.1 Å². The lowest BCUT2D eigenvalue weighted by molar-refractivity contribution is -0.143. The standard InChI is InChI=1S/C27H29FO4/c1-4-30-27(29)16-14-20-13-15-26(23(28)17-20)31-18-21-9-5-7-11-24(21)32-25-12-8-6-10-22(25)19(2)3/h5-13,15,17,19H,4,14,16,18H2,1-3H3. The first-order valence-corrected chi connectivity index (χ1v) is 10.9. The Kier molecular flexibility index (Phi) is 8.26. The molecule has 0 aromatic heterocycles. The molecule has 0 aliphatic heterocycles. The van der Waals surface area contributed by atoms with Gasteiger partial charge in [0, 0.05) is 12.0 Å². The highest BCUT2D eigenvalue weighted by Crippen LogP contribution is 2.32. The van der Waals surface area contributed by atoms with Gasteiger partial charge in [-0.15, -0.1) is 0 Å². The molecular formula is C27H29FO4. The van der Waals surface area contributed by atoms with E-state index in [1.807, 2.05) is 42.5 Å². The summed E-state index contributed by atoms with van der Waals surface area (Å²) < 4.78 is 31.4. The molecular weight excluding hydrogens is 407 g/mol. The van der Waals surface area contributed by atoms with Crippen molar-refractivity contribution in [1.82, 2.24) is 0 Å². The lowest BCUT2D eigenvalue weighted by atomic mass is 10.0. The Bertz CT molecular complexity index is 1050. The molecule has 0 spiro atoms. The van der Waals surface area contributed by atoms with Crippen LogP contribution in [0.25, 0.3) is 0 Å². The van der Waals surface area contributed by atoms with Crippen LogP contribution in [0, 0.1) is 5.82 Å². The molecule has 0 heterocycles. The summed E-state index contributed by atoms with van der Waals surface area (Å²) in [4.78, 5) is 11.5. The molecule has 4 nitrogen and oxygen atoms in total. The van der Waals surface area contributed by atoms with Gasteiger partial charge in [0.25, 0.3) is 0 Å². The summed E-state index contributed by atoms with van der Waals surface area (Å²) >= 11 is 0. The molecule has 3 rings (SSSR count). The predicted molar refractivity (Wildman–Crippen MR) is 123 cm³/mol. The third kappa shape index (κ3) is 6.33. The number of para-hydroxylation sites is 2. The highest BCUT2D eigenvalue weighted by atomic mass is 19.1. The zero-order valence-electron chi connectivity index (χ0n) is 18.8. The molecule has 168 valence electrons. The first-order chi connectivity index (χ1) is 15.5. The Morgan fingerprint density at radius 3 is 2.38 bits per heavy atom. The van der Waals surface area contributed by atoms with Gasteiger partial charge in [-0.3, -0.25) is 4.79 Å². The van der Waals surface area contributed by atoms with Crippen LogP contribution in [0.2, 0.25) is 0 Å². The molecule has 0 saturated heterocycles. The van der Waals surface area contributed by atoms with E-state index < -0.39 is 5.82 Å². The second-order valence-electron chi connectivity index (χ2n) is 7.76. The molecule has 0 atom stereocenters. The monoisotopic (exact) mass is 436 g/mol. The summed E-state index contributed by atoms with van der Waals surface area (Å²) in [5, 5.41) is 0. The largest absolute Gasteiger partial charge is 0.486 e. The fourth-order valence-corrected chi connectivity index (χ4v) is 3.34. The number of hydrogen-bond acceptors (Lipinski definition) is 4. The van der Waals surface area contributed by atoms with Gasteiger partial charge in [-0.05, 0) is 54.7 Å². The fourth-order valence-electron chi connectivity index (χ4n) is 3.34. The molecule has 0 radical (unpaired) electrons. The Hall–Kier alpha value is -3.34. The third-order valence-electron chi connectivity index (χ3n) is 5.04. The van der Waals surface area contributed by atoms with E-state index in [2.05, 4.69) is 19.9 Å². The van der Waals surface area contributed by atoms with Crippen LogP contribution in [0.1, 0.15) is 49.8 Å². The van der Waals surface area contributed by atoms with Crippen LogP contribution >= 0.6 is 0 Å². The zero-order chi connectivity index (χ0) is 22.9. The van der Waals surface area contributed by atoms with Crippen molar-refractivity contribution in [3.63, 3.8) is 0 Å². The molecule has 0 amide bonds. The minimum absolute atomic E-state index is 0.155. The van der Waals surface area contributed by atoms with E-state index in [1.165, 1.54) is 6.07 Å². The number of carbonyl (C=O) groups is 1. The molecule has 0 fully saturated rings. The molecule has 0 bridgehead atoms. The lowest BCUT2D eigenvalue weighted by Crippen LogP contribution is -2.05. The van der Waals surface area contributed by atoms with Crippen LogP contribution in [0.3, 0.4) is 0 Å². The normalized spacial score (nSPS) is 10.8. The van der Waals surface area contributed by atoms with Crippen LogP contribution in [-0.2, 0) is 22.6 Å². The summed E-state index contributed by atoms with van der Waals surface area (Å²) in [5.74, 6) is 1.20. The van der Waals surface area contributed by atoms with Gasteiger partial charge in [-0.2, -0.15) is 0 Å². The maximum Gasteiger partial charge on any atom is 0.306 e. The maximum absolute atomic E-state index is 14.5. The van der Waals surface area contributed by atoms with E-state index in [0.717, 1.165) is 22.4 Å². The summed E-state index contributed by atoms with van der Waals surface area (Å²) in [6, 6.07) is 20.3. The molecule has 3 aromatic rings.